The standard InChI is InChI=1S/C16H17N3O4S/c1-9-8-24-15-13(14(21)19(15)12(9)16(22)23)18(11(20)7-17)10-5-3-2-4-6-10/h2-6,13,15H,7-8,17H2,1H3,(H,22,23)/t13-,15+/m1/s1. The monoisotopic (exact) mass is 347 g/mol. The van der Waals surface area contributed by atoms with Crippen LogP contribution in [0.1, 0.15) is 6.92 Å². The van der Waals surface area contributed by atoms with Crippen molar-refractivity contribution in [3.63, 3.8) is 0 Å². The van der Waals surface area contributed by atoms with Crippen LogP contribution in [0.2, 0.25) is 0 Å². The average molecular weight is 347 g/mol. The molecule has 126 valence electrons. The molecule has 2 amide bonds. The van der Waals surface area contributed by atoms with Gasteiger partial charge in [-0.2, -0.15) is 0 Å². The van der Waals surface area contributed by atoms with E-state index in [-0.39, 0.29) is 18.1 Å². The first-order valence-corrected chi connectivity index (χ1v) is 8.47. The van der Waals surface area contributed by atoms with Crippen molar-refractivity contribution in [3.05, 3.63) is 41.6 Å². The van der Waals surface area contributed by atoms with Crippen LogP contribution in [0.25, 0.3) is 0 Å². The third-order valence-corrected chi connectivity index (χ3v) is 5.50. The van der Waals surface area contributed by atoms with E-state index in [2.05, 4.69) is 0 Å². The smallest absolute Gasteiger partial charge is 0.352 e. The third-order valence-electron chi connectivity index (χ3n) is 4.09. The summed E-state index contributed by atoms with van der Waals surface area (Å²) in [7, 11) is 0. The Morgan fingerprint density at radius 3 is 2.62 bits per heavy atom. The Labute approximate surface area is 143 Å². The van der Waals surface area contributed by atoms with Crippen molar-refractivity contribution >= 4 is 35.2 Å². The number of nitrogens with zero attached hydrogens (tertiary/aromatic N) is 2. The number of benzene rings is 1. The minimum atomic E-state index is -1.12. The Bertz CT molecular complexity index is 734. The van der Waals surface area contributed by atoms with Crippen molar-refractivity contribution in [2.75, 3.05) is 17.2 Å². The van der Waals surface area contributed by atoms with Crippen molar-refractivity contribution in [3.8, 4) is 0 Å². The summed E-state index contributed by atoms with van der Waals surface area (Å²) in [5, 5.41) is 8.97. The molecule has 0 aliphatic carbocycles. The SMILES string of the molecule is CC1=C(C(=O)O)N2C(=O)[C@@H](N(C(=O)CN)c3ccccc3)[C@@H]2SC1. The minimum absolute atomic E-state index is 0.0215. The van der Waals surface area contributed by atoms with Crippen molar-refractivity contribution in [2.45, 2.75) is 18.3 Å². The van der Waals surface area contributed by atoms with E-state index < -0.39 is 23.3 Å². The zero-order chi connectivity index (χ0) is 17.4. The van der Waals surface area contributed by atoms with Gasteiger partial charge in [0.1, 0.15) is 17.1 Å². The molecule has 0 unspecified atom stereocenters. The summed E-state index contributed by atoms with van der Waals surface area (Å²) in [4.78, 5) is 39.1. The van der Waals surface area contributed by atoms with E-state index in [0.717, 1.165) is 0 Å². The molecule has 1 aromatic carbocycles. The van der Waals surface area contributed by atoms with Crippen LogP contribution in [-0.4, -0.2) is 51.5 Å². The van der Waals surface area contributed by atoms with Gasteiger partial charge in [0.25, 0.3) is 5.91 Å². The van der Waals surface area contributed by atoms with Crippen LogP contribution in [0, 0.1) is 0 Å². The molecule has 1 aromatic rings. The van der Waals surface area contributed by atoms with Crippen LogP contribution in [0.4, 0.5) is 5.69 Å². The van der Waals surface area contributed by atoms with Crippen LogP contribution >= 0.6 is 11.8 Å². The van der Waals surface area contributed by atoms with Crippen LogP contribution in [-0.2, 0) is 14.4 Å². The van der Waals surface area contributed by atoms with Gasteiger partial charge in [0, 0.05) is 11.4 Å². The van der Waals surface area contributed by atoms with Gasteiger partial charge in [-0.25, -0.2) is 4.79 Å². The number of para-hydroxylation sites is 1. The predicted octanol–water partition coefficient (Wildman–Crippen LogP) is 0.621. The summed E-state index contributed by atoms with van der Waals surface area (Å²) in [5.41, 5.74) is 6.76. The molecule has 0 bridgehead atoms. The van der Waals surface area contributed by atoms with E-state index >= 15 is 0 Å². The molecule has 0 spiro atoms. The molecule has 3 N–H and O–H groups in total. The van der Waals surface area contributed by atoms with Gasteiger partial charge < -0.3 is 10.8 Å². The molecular formula is C16H17N3O4S. The number of amides is 2. The first-order chi connectivity index (χ1) is 11.5. The van der Waals surface area contributed by atoms with Crippen LogP contribution in [0.15, 0.2) is 41.6 Å². The minimum Gasteiger partial charge on any atom is -0.477 e. The Balaban J connectivity index is 1.97. The lowest BCUT2D eigenvalue weighted by atomic mass is 10.0. The molecule has 0 radical (unpaired) electrons. The number of fused-ring (bicyclic) bond motifs is 1. The summed E-state index contributed by atoms with van der Waals surface area (Å²) in [5.74, 6) is -1.38. The molecule has 8 heteroatoms. The van der Waals surface area contributed by atoms with Crippen molar-refractivity contribution in [1.82, 2.24) is 4.90 Å². The first-order valence-electron chi connectivity index (χ1n) is 7.42. The number of β-lactam (4-membered cyclic amide) rings is 1. The van der Waals surface area contributed by atoms with Gasteiger partial charge in [0.05, 0.1) is 6.54 Å². The Hall–Kier alpha value is -2.32. The number of anilines is 1. The summed E-state index contributed by atoms with van der Waals surface area (Å²) in [6, 6.07) is 8.08. The van der Waals surface area contributed by atoms with Gasteiger partial charge in [-0.05, 0) is 24.6 Å². The number of nitrogens with two attached hydrogens (primary N) is 1. The molecule has 7 nitrogen and oxygen atoms in total. The molecule has 1 fully saturated rings. The van der Waals surface area contributed by atoms with Gasteiger partial charge in [-0.3, -0.25) is 19.4 Å². The highest BCUT2D eigenvalue weighted by molar-refractivity contribution is 8.00. The summed E-state index contributed by atoms with van der Waals surface area (Å²) in [6.07, 6.45) is 0. The van der Waals surface area contributed by atoms with E-state index in [0.29, 0.717) is 17.0 Å². The van der Waals surface area contributed by atoms with E-state index in [4.69, 9.17) is 5.73 Å². The van der Waals surface area contributed by atoms with E-state index in [1.54, 1.807) is 31.2 Å². The molecule has 2 atom stereocenters. The fourth-order valence-corrected chi connectivity index (χ4v) is 4.34. The van der Waals surface area contributed by atoms with Crippen molar-refractivity contribution in [1.29, 1.82) is 0 Å². The molecule has 3 rings (SSSR count). The van der Waals surface area contributed by atoms with Crippen LogP contribution < -0.4 is 10.6 Å². The van der Waals surface area contributed by atoms with Gasteiger partial charge in [-0.1, -0.05) is 18.2 Å². The maximum absolute atomic E-state index is 12.7. The fourth-order valence-electron chi connectivity index (χ4n) is 3.01. The van der Waals surface area contributed by atoms with Crippen LogP contribution in [0.3, 0.4) is 0 Å². The van der Waals surface area contributed by atoms with Gasteiger partial charge in [0.2, 0.25) is 5.91 Å². The van der Waals surface area contributed by atoms with E-state index in [9.17, 15) is 19.5 Å². The summed E-state index contributed by atoms with van der Waals surface area (Å²) in [6.45, 7) is 1.48. The molecule has 2 heterocycles. The van der Waals surface area contributed by atoms with E-state index in [1.165, 1.54) is 21.6 Å². The van der Waals surface area contributed by atoms with Gasteiger partial charge in [0.15, 0.2) is 0 Å². The number of hydrogen-bond donors (Lipinski definition) is 2. The van der Waals surface area contributed by atoms with Crippen LogP contribution in [0.5, 0.6) is 0 Å². The number of carbonyl (C=O) groups excluding carboxylic acids is 2. The maximum atomic E-state index is 12.7. The van der Waals surface area contributed by atoms with E-state index in [1.807, 2.05) is 6.07 Å². The number of aliphatic carboxylic acids is 1. The lowest BCUT2D eigenvalue weighted by molar-refractivity contribution is -0.149. The fraction of sp³-hybridized carbons (Fsp3) is 0.312. The number of rotatable bonds is 4. The molecular weight excluding hydrogens is 330 g/mol. The number of carbonyl (C=O) groups is 3. The molecule has 0 saturated carbocycles. The average Bonchev–Trinajstić information content (AvgIpc) is 2.59. The Morgan fingerprint density at radius 1 is 1.38 bits per heavy atom. The maximum Gasteiger partial charge on any atom is 0.352 e. The zero-order valence-corrected chi connectivity index (χ0v) is 13.8. The second-order valence-corrected chi connectivity index (χ2v) is 6.70. The molecule has 0 aromatic heterocycles. The molecule has 1 saturated heterocycles. The quantitative estimate of drug-likeness (QED) is 0.774. The number of thioether (sulfide) groups is 1. The topological polar surface area (TPSA) is 104 Å². The van der Waals surface area contributed by atoms with Crippen molar-refractivity contribution in [2.24, 2.45) is 5.73 Å². The lowest BCUT2D eigenvalue weighted by Gasteiger charge is -2.52. The Morgan fingerprint density at radius 2 is 2.04 bits per heavy atom. The lowest BCUT2D eigenvalue weighted by Crippen LogP contribution is -2.72. The number of hydrogen-bond acceptors (Lipinski definition) is 5. The number of carboxylic acid groups (broad SMARTS) is 1. The molecule has 2 aliphatic heterocycles. The number of carboxylic acids is 1. The predicted molar refractivity (Wildman–Crippen MR) is 90.2 cm³/mol. The summed E-state index contributed by atoms with van der Waals surface area (Å²) < 4.78 is 0. The Kier molecular flexibility index (Phi) is 4.33. The highest BCUT2D eigenvalue weighted by Gasteiger charge is 2.56. The van der Waals surface area contributed by atoms with Crippen molar-refractivity contribution < 1.29 is 19.5 Å². The van der Waals surface area contributed by atoms with Gasteiger partial charge in [-0.15, -0.1) is 11.8 Å². The largest absolute Gasteiger partial charge is 0.477 e. The first kappa shape index (κ1) is 16.5. The highest BCUT2D eigenvalue weighted by Crippen LogP contribution is 2.43. The highest BCUT2D eigenvalue weighted by atomic mass is 32.2. The summed E-state index contributed by atoms with van der Waals surface area (Å²) >= 11 is 1.45. The second kappa shape index (κ2) is 6.29. The third kappa shape index (κ3) is 2.47. The second-order valence-electron chi connectivity index (χ2n) is 5.59. The molecule has 2 aliphatic rings. The zero-order valence-electron chi connectivity index (χ0n) is 13.0. The van der Waals surface area contributed by atoms with Gasteiger partial charge >= 0.3 is 5.97 Å². The normalized spacial score (nSPS) is 22.8. The molecule has 24 heavy (non-hydrogen) atoms.